The first-order chi connectivity index (χ1) is 15.5. The first kappa shape index (κ1) is 22.9. The fraction of sp³-hybridized carbons (Fsp3) is 0.227. The number of benzene rings is 2. The van der Waals surface area contributed by atoms with Crippen LogP contribution in [0, 0.1) is 0 Å². The number of hydrogen-bond acceptors (Lipinski definition) is 9. The Morgan fingerprint density at radius 2 is 1.56 bits per heavy atom. The van der Waals surface area contributed by atoms with Crippen LogP contribution in [0.25, 0.3) is 11.3 Å². The van der Waals surface area contributed by atoms with Gasteiger partial charge in [-0.05, 0) is 24.3 Å². The smallest absolute Gasteiger partial charge is 0.342 e. The molecule has 0 spiro atoms. The zero-order valence-electron chi connectivity index (χ0n) is 18.0. The highest BCUT2D eigenvalue weighted by molar-refractivity contribution is 7.14. The van der Waals surface area contributed by atoms with Gasteiger partial charge < -0.3 is 23.7 Å². The van der Waals surface area contributed by atoms with Crippen LogP contribution >= 0.6 is 11.3 Å². The van der Waals surface area contributed by atoms with Gasteiger partial charge in [0.25, 0.3) is 5.91 Å². The Labute approximate surface area is 188 Å². The van der Waals surface area contributed by atoms with Crippen LogP contribution < -0.4 is 24.3 Å². The molecule has 32 heavy (non-hydrogen) atoms. The van der Waals surface area contributed by atoms with Crippen molar-refractivity contribution in [1.29, 1.82) is 0 Å². The molecule has 0 bridgehead atoms. The van der Waals surface area contributed by atoms with E-state index in [-0.39, 0.29) is 11.3 Å². The largest absolute Gasteiger partial charge is 0.497 e. The van der Waals surface area contributed by atoms with Crippen molar-refractivity contribution < 1.29 is 33.3 Å². The minimum absolute atomic E-state index is 0.106. The molecule has 9 nitrogen and oxygen atoms in total. The third kappa shape index (κ3) is 5.27. The molecule has 2 aromatic carbocycles. The molecule has 0 atom stereocenters. The number of hydrogen-bond donors (Lipinski definition) is 1. The van der Waals surface area contributed by atoms with Crippen molar-refractivity contribution in [1.82, 2.24) is 4.98 Å². The van der Waals surface area contributed by atoms with Gasteiger partial charge in [0.2, 0.25) is 0 Å². The summed E-state index contributed by atoms with van der Waals surface area (Å²) in [6.07, 6.45) is 0. The first-order valence-corrected chi connectivity index (χ1v) is 10.2. The second-order valence-corrected chi connectivity index (χ2v) is 7.16. The average molecular weight is 458 g/mol. The number of esters is 1. The number of aromatic nitrogens is 1. The topological polar surface area (TPSA) is 105 Å². The molecule has 0 unspecified atom stereocenters. The predicted molar refractivity (Wildman–Crippen MR) is 119 cm³/mol. The highest BCUT2D eigenvalue weighted by Crippen LogP contribution is 2.35. The molecule has 0 fully saturated rings. The normalized spacial score (nSPS) is 10.2. The van der Waals surface area contributed by atoms with Gasteiger partial charge in [0.15, 0.2) is 23.2 Å². The third-order valence-corrected chi connectivity index (χ3v) is 5.15. The Kier molecular flexibility index (Phi) is 7.50. The summed E-state index contributed by atoms with van der Waals surface area (Å²) in [5.74, 6) is 0.445. The van der Waals surface area contributed by atoms with E-state index in [0.717, 1.165) is 11.3 Å². The average Bonchev–Trinajstić information content (AvgIpc) is 3.29. The fourth-order valence-electron chi connectivity index (χ4n) is 2.78. The van der Waals surface area contributed by atoms with E-state index in [1.165, 1.54) is 44.8 Å². The van der Waals surface area contributed by atoms with Gasteiger partial charge in [0.1, 0.15) is 17.1 Å². The van der Waals surface area contributed by atoms with E-state index in [9.17, 15) is 9.59 Å². The molecule has 0 saturated carbocycles. The maximum atomic E-state index is 12.5. The lowest BCUT2D eigenvalue weighted by Gasteiger charge is -2.13. The first-order valence-electron chi connectivity index (χ1n) is 9.36. The van der Waals surface area contributed by atoms with Gasteiger partial charge >= 0.3 is 5.97 Å². The van der Waals surface area contributed by atoms with Crippen LogP contribution in [0.3, 0.4) is 0 Å². The molecule has 0 saturated heterocycles. The van der Waals surface area contributed by atoms with Gasteiger partial charge in [-0.25, -0.2) is 9.78 Å². The summed E-state index contributed by atoms with van der Waals surface area (Å²) < 4.78 is 25.9. The summed E-state index contributed by atoms with van der Waals surface area (Å²) >= 11 is 1.26. The number of methoxy groups -OCH3 is 4. The molecular weight excluding hydrogens is 436 g/mol. The maximum Gasteiger partial charge on any atom is 0.342 e. The summed E-state index contributed by atoms with van der Waals surface area (Å²) in [6, 6.07) is 10.3. The van der Waals surface area contributed by atoms with Crippen molar-refractivity contribution in [2.45, 2.75) is 0 Å². The van der Waals surface area contributed by atoms with Crippen LogP contribution in [-0.4, -0.2) is 51.9 Å². The highest BCUT2D eigenvalue weighted by Gasteiger charge is 2.20. The van der Waals surface area contributed by atoms with E-state index in [1.807, 2.05) is 29.6 Å². The van der Waals surface area contributed by atoms with Crippen LogP contribution in [-0.2, 0) is 9.53 Å². The molecule has 3 aromatic rings. The number of anilines is 1. The molecule has 1 amide bonds. The maximum absolute atomic E-state index is 12.5. The SMILES string of the molecule is COc1ccc(-c2csc(NC(=O)COC(=O)c3cc(OC)c(OC)cc3OC)n2)cc1. The van der Waals surface area contributed by atoms with Gasteiger partial charge in [-0.2, -0.15) is 0 Å². The number of thiazole rings is 1. The predicted octanol–water partition coefficient (Wildman–Crippen LogP) is 3.64. The molecule has 168 valence electrons. The number of ether oxygens (including phenoxy) is 5. The number of nitrogens with one attached hydrogen (secondary N) is 1. The molecular formula is C22H22N2O7S. The van der Waals surface area contributed by atoms with Crippen LogP contribution in [0.5, 0.6) is 23.0 Å². The summed E-state index contributed by atoms with van der Waals surface area (Å²) in [5.41, 5.74) is 1.70. The summed E-state index contributed by atoms with van der Waals surface area (Å²) in [5, 5.41) is 4.83. The molecule has 0 aliphatic carbocycles. The van der Waals surface area contributed by atoms with Crippen LogP contribution in [0.2, 0.25) is 0 Å². The van der Waals surface area contributed by atoms with Crippen molar-refractivity contribution in [3.05, 3.63) is 47.3 Å². The van der Waals surface area contributed by atoms with E-state index in [4.69, 9.17) is 23.7 Å². The van der Waals surface area contributed by atoms with Crippen LogP contribution in [0.4, 0.5) is 5.13 Å². The Morgan fingerprint density at radius 3 is 2.19 bits per heavy atom. The molecule has 1 aromatic heterocycles. The Balaban J connectivity index is 1.61. The van der Waals surface area contributed by atoms with E-state index in [2.05, 4.69) is 10.3 Å². The summed E-state index contributed by atoms with van der Waals surface area (Å²) in [7, 11) is 5.92. The van der Waals surface area contributed by atoms with E-state index in [0.29, 0.717) is 22.3 Å². The van der Waals surface area contributed by atoms with Gasteiger partial charge in [-0.15, -0.1) is 11.3 Å². The molecule has 1 N–H and O–H groups in total. The molecule has 1 heterocycles. The standard InChI is InChI=1S/C22H22N2O7S/c1-27-14-7-5-13(6-8-14)16-12-32-22(23-16)24-20(25)11-31-21(26)15-9-18(29-3)19(30-4)10-17(15)28-2/h5-10,12H,11H2,1-4H3,(H,23,24,25). The van der Waals surface area contributed by atoms with E-state index in [1.54, 1.807) is 7.11 Å². The zero-order valence-corrected chi connectivity index (χ0v) is 18.8. The molecule has 0 aliphatic heterocycles. The number of amides is 1. The summed E-state index contributed by atoms with van der Waals surface area (Å²) in [6.45, 7) is -0.492. The Bertz CT molecular complexity index is 1100. The fourth-order valence-corrected chi connectivity index (χ4v) is 3.51. The minimum atomic E-state index is -0.740. The third-order valence-electron chi connectivity index (χ3n) is 4.40. The Hall–Kier alpha value is -3.79. The monoisotopic (exact) mass is 458 g/mol. The van der Waals surface area contributed by atoms with Crippen molar-refractivity contribution in [2.75, 3.05) is 40.4 Å². The Morgan fingerprint density at radius 1 is 0.906 bits per heavy atom. The van der Waals surface area contributed by atoms with Crippen molar-refractivity contribution in [3.63, 3.8) is 0 Å². The van der Waals surface area contributed by atoms with Crippen LogP contribution in [0.15, 0.2) is 41.8 Å². The van der Waals surface area contributed by atoms with Gasteiger partial charge in [0, 0.05) is 23.1 Å². The summed E-state index contributed by atoms with van der Waals surface area (Å²) in [4.78, 5) is 29.1. The second kappa shape index (κ2) is 10.5. The molecule has 3 rings (SSSR count). The molecule has 0 radical (unpaired) electrons. The van der Waals surface area contributed by atoms with Crippen LogP contribution in [0.1, 0.15) is 10.4 Å². The number of rotatable bonds is 9. The van der Waals surface area contributed by atoms with E-state index >= 15 is 0 Å². The lowest BCUT2D eigenvalue weighted by atomic mass is 10.1. The van der Waals surface area contributed by atoms with Gasteiger partial charge in [-0.3, -0.25) is 10.1 Å². The van der Waals surface area contributed by atoms with Gasteiger partial charge in [0.05, 0.1) is 34.1 Å². The van der Waals surface area contributed by atoms with Crippen molar-refractivity contribution >= 4 is 28.3 Å². The lowest BCUT2D eigenvalue weighted by Crippen LogP contribution is -2.21. The zero-order chi connectivity index (χ0) is 23.1. The van der Waals surface area contributed by atoms with E-state index < -0.39 is 18.5 Å². The van der Waals surface area contributed by atoms with Gasteiger partial charge in [-0.1, -0.05) is 0 Å². The molecule has 0 aliphatic rings. The lowest BCUT2D eigenvalue weighted by molar-refractivity contribution is -0.119. The highest BCUT2D eigenvalue weighted by atomic mass is 32.1. The quantitative estimate of drug-likeness (QED) is 0.485. The second-order valence-electron chi connectivity index (χ2n) is 6.30. The minimum Gasteiger partial charge on any atom is -0.497 e. The number of nitrogens with zero attached hydrogens (tertiary/aromatic N) is 1. The molecule has 10 heteroatoms. The number of carbonyl (C=O) groups excluding carboxylic acids is 2. The van der Waals surface area contributed by atoms with Crippen molar-refractivity contribution in [2.24, 2.45) is 0 Å². The number of carbonyl (C=O) groups is 2. The van der Waals surface area contributed by atoms with Crippen molar-refractivity contribution in [3.8, 4) is 34.3 Å².